The summed E-state index contributed by atoms with van der Waals surface area (Å²) in [6, 6.07) is 0. The Morgan fingerprint density at radius 1 is 0.667 bits per heavy atom. The molecule has 0 amide bonds. The van der Waals surface area contributed by atoms with Crippen LogP contribution < -0.4 is 0 Å². The Morgan fingerprint density at radius 3 is 1.12 bits per heavy atom. The molecule has 0 rings (SSSR count). The molecule has 0 spiro atoms. The van der Waals surface area contributed by atoms with E-state index in [-0.39, 0.29) is 26.4 Å². The smallest absolute Gasteiger partial charge is 0.335 e. The minimum absolute atomic E-state index is 0.288. The van der Waals surface area contributed by atoms with E-state index in [0.29, 0.717) is 0 Å². The van der Waals surface area contributed by atoms with Gasteiger partial charge in [-0.25, -0.2) is 9.59 Å². The third-order valence-electron chi connectivity index (χ3n) is 2.55. The second-order valence-corrected chi connectivity index (χ2v) is 4.63. The van der Waals surface area contributed by atoms with Gasteiger partial charge in [0, 0.05) is 26.0 Å². The van der Waals surface area contributed by atoms with Crippen LogP contribution in [0.4, 0.5) is 0 Å². The van der Waals surface area contributed by atoms with Crippen LogP contribution in [0.2, 0.25) is 0 Å². The molecule has 0 aromatic rings. The minimum atomic E-state index is -1.51. The SMILES string of the molecule is CCOC(C)(OCC)OC(=O)/C=C/C(=O)OC(C)(OCC)OCC. The molecule has 0 fully saturated rings. The van der Waals surface area contributed by atoms with Crippen LogP contribution in [0.25, 0.3) is 0 Å². The maximum Gasteiger partial charge on any atom is 0.335 e. The van der Waals surface area contributed by atoms with E-state index in [0.717, 1.165) is 12.2 Å². The van der Waals surface area contributed by atoms with Gasteiger partial charge in [0.15, 0.2) is 0 Å². The molecule has 8 heteroatoms. The zero-order chi connectivity index (χ0) is 18.6. The molecule has 8 nitrogen and oxygen atoms in total. The van der Waals surface area contributed by atoms with Gasteiger partial charge in [-0.05, 0) is 27.7 Å². The average Bonchev–Trinajstić information content (AvgIpc) is 2.45. The number of carbonyl (C=O) groups excluding carboxylic acids is 2. The predicted octanol–water partition coefficient (Wildman–Crippen LogP) is 2.12. The second-order valence-electron chi connectivity index (χ2n) is 4.63. The molecule has 0 aliphatic rings. The summed E-state index contributed by atoms with van der Waals surface area (Å²) in [5.74, 6) is -4.66. The van der Waals surface area contributed by atoms with Gasteiger partial charge in [-0.15, -0.1) is 0 Å². The quantitative estimate of drug-likeness (QED) is 0.301. The zero-order valence-corrected chi connectivity index (χ0v) is 15.2. The molecule has 0 aliphatic carbocycles. The van der Waals surface area contributed by atoms with Gasteiger partial charge in [-0.2, -0.15) is 0 Å². The van der Waals surface area contributed by atoms with Crippen LogP contribution in [-0.4, -0.2) is 50.3 Å². The van der Waals surface area contributed by atoms with E-state index in [9.17, 15) is 9.59 Å². The number of hydrogen-bond acceptors (Lipinski definition) is 8. The standard InChI is InChI=1S/C16H28O8/c1-7-19-15(5,20-8-2)23-13(17)11-12-14(18)24-16(6,21-9-3)22-10-4/h11-12H,7-10H2,1-6H3/b12-11+. The number of carbonyl (C=O) groups is 2. The fourth-order valence-corrected chi connectivity index (χ4v) is 1.82. The van der Waals surface area contributed by atoms with E-state index in [1.165, 1.54) is 13.8 Å². The maximum absolute atomic E-state index is 11.8. The molecule has 0 unspecified atom stereocenters. The summed E-state index contributed by atoms with van der Waals surface area (Å²) in [4.78, 5) is 23.6. The van der Waals surface area contributed by atoms with Crippen molar-refractivity contribution in [1.82, 2.24) is 0 Å². The molecule has 140 valence electrons. The molecule has 0 heterocycles. The van der Waals surface area contributed by atoms with Crippen molar-refractivity contribution < 1.29 is 38.0 Å². The molecule has 0 bridgehead atoms. The Balaban J connectivity index is 4.69. The average molecular weight is 348 g/mol. The fraction of sp³-hybridized carbons (Fsp3) is 0.750. The highest BCUT2D eigenvalue weighted by molar-refractivity contribution is 5.91. The molecule has 0 radical (unpaired) electrons. The van der Waals surface area contributed by atoms with Crippen molar-refractivity contribution in [1.29, 1.82) is 0 Å². The first kappa shape index (κ1) is 22.5. The zero-order valence-electron chi connectivity index (χ0n) is 15.2. The lowest BCUT2D eigenvalue weighted by molar-refractivity contribution is -0.349. The maximum atomic E-state index is 11.8. The van der Waals surface area contributed by atoms with Gasteiger partial charge in [0.1, 0.15) is 0 Å². The molecular weight excluding hydrogens is 320 g/mol. The molecule has 0 N–H and O–H groups in total. The molecule has 0 aromatic heterocycles. The first-order chi connectivity index (χ1) is 11.2. The Hall–Kier alpha value is -1.48. The van der Waals surface area contributed by atoms with E-state index in [4.69, 9.17) is 28.4 Å². The van der Waals surface area contributed by atoms with Crippen molar-refractivity contribution in [3.63, 3.8) is 0 Å². The highest BCUT2D eigenvalue weighted by atomic mass is 16.9. The van der Waals surface area contributed by atoms with Crippen molar-refractivity contribution in [2.45, 2.75) is 53.5 Å². The third-order valence-corrected chi connectivity index (χ3v) is 2.55. The van der Waals surface area contributed by atoms with Crippen molar-refractivity contribution in [2.24, 2.45) is 0 Å². The normalized spacial score (nSPS) is 12.4. The summed E-state index contributed by atoms with van der Waals surface area (Å²) in [5.41, 5.74) is 0. The monoisotopic (exact) mass is 348 g/mol. The lowest BCUT2D eigenvalue weighted by atomic mass is 10.5. The molecule has 0 saturated carbocycles. The van der Waals surface area contributed by atoms with Crippen LogP contribution in [0.15, 0.2) is 12.2 Å². The van der Waals surface area contributed by atoms with Crippen LogP contribution in [0.3, 0.4) is 0 Å². The van der Waals surface area contributed by atoms with Crippen LogP contribution in [0.5, 0.6) is 0 Å². The number of hydrogen-bond donors (Lipinski definition) is 0. The van der Waals surface area contributed by atoms with Crippen molar-refractivity contribution in [3.05, 3.63) is 12.2 Å². The Bertz CT molecular complexity index is 368. The van der Waals surface area contributed by atoms with Crippen molar-refractivity contribution in [2.75, 3.05) is 26.4 Å². The Labute approximate surface area is 143 Å². The van der Waals surface area contributed by atoms with Crippen molar-refractivity contribution in [3.8, 4) is 0 Å². The molecule has 0 aliphatic heterocycles. The van der Waals surface area contributed by atoms with Crippen molar-refractivity contribution >= 4 is 11.9 Å². The van der Waals surface area contributed by atoms with Gasteiger partial charge in [-0.3, -0.25) is 0 Å². The Morgan fingerprint density at radius 2 is 0.917 bits per heavy atom. The van der Waals surface area contributed by atoms with Crippen LogP contribution in [0, 0.1) is 0 Å². The summed E-state index contributed by atoms with van der Waals surface area (Å²) >= 11 is 0. The van der Waals surface area contributed by atoms with Crippen LogP contribution in [-0.2, 0) is 38.0 Å². The largest absolute Gasteiger partial charge is 0.405 e. The third kappa shape index (κ3) is 8.97. The van der Waals surface area contributed by atoms with E-state index in [1.54, 1.807) is 27.7 Å². The number of ether oxygens (including phenoxy) is 6. The second kappa shape index (κ2) is 11.1. The summed E-state index contributed by atoms with van der Waals surface area (Å²) in [6.07, 6.45) is 1.83. The minimum Gasteiger partial charge on any atom is -0.405 e. The summed E-state index contributed by atoms with van der Waals surface area (Å²) in [5, 5.41) is 0. The van der Waals surface area contributed by atoms with E-state index in [2.05, 4.69) is 0 Å². The van der Waals surface area contributed by atoms with Crippen LogP contribution >= 0.6 is 0 Å². The summed E-state index contributed by atoms with van der Waals surface area (Å²) < 4.78 is 31.1. The molecule has 24 heavy (non-hydrogen) atoms. The molecule has 0 saturated heterocycles. The van der Waals surface area contributed by atoms with Crippen LogP contribution in [0.1, 0.15) is 41.5 Å². The lowest BCUT2D eigenvalue weighted by Crippen LogP contribution is -2.38. The first-order valence-corrected chi connectivity index (χ1v) is 7.94. The van der Waals surface area contributed by atoms with Gasteiger partial charge >= 0.3 is 23.9 Å². The van der Waals surface area contributed by atoms with E-state index < -0.39 is 23.9 Å². The topological polar surface area (TPSA) is 89.5 Å². The van der Waals surface area contributed by atoms with E-state index in [1.807, 2.05) is 0 Å². The number of rotatable bonds is 12. The highest BCUT2D eigenvalue weighted by Crippen LogP contribution is 2.16. The van der Waals surface area contributed by atoms with Gasteiger partial charge in [0.2, 0.25) is 0 Å². The van der Waals surface area contributed by atoms with Gasteiger partial charge in [0.05, 0.1) is 26.4 Å². The number of esters is 2. The Kier molecular flexibility index (Phi) is 10.5. The van der Waals surface area contributed by atoms with E-state index >= 15 is 0 Å². The van der Waals surface area contributed by atoms with Gasteiger partial charge in [-0.1, -0.05) is 0 Å². The summed E-state index contributed by atoms with van der Waals surface area (Å²) in [7, 11) is 0. The molecule has 0 aromatic carbocycles. The first-order valence-electron chi connectivity index (χ1n) is 7.94. The predicted molar refractivity (Wildman–Crippen MR) is 84.6 cm³/mol. The van der Waals surface area contributed by atoms with Gasteiger partial charge in [0.25, 0.3) is 0 Å². The fourth-order valence-electron chi connectivity index (χ4n) is 1.82. The van der Waals surface area contributed by atoms with Gasteiger partial charge < -0.3 is 28.4 Å². The molecule has 0 atom stereocenters. The molecular formula is C16H28O8. The highest BCUT2D eigenvalue weighted by Gasteiger charge is 2.31. The lowest BCUT2D eigenvalue weighted by Gasteiger charge is -2.28. The summed E-state index contributed by atoms with van der Waals surface area (Å²) in [6.45, 7) is 11.0.